The van der Waals surface area contributed by atoms with Crippen LogP contribution in [-0.4, -0.2) is 49.2 Å². The zero-order valence-corrected chi connectivity index (χ0v) is 20.8. The summed E-state index contributed by atoms with van der Waals surface area (Å²) in [5.41, 5.74) is 0.878. The number of piperazine rings is 1. The number of halogens is 4. The van der Waals surface area contributed by atoms with E-state index in [1.165, 1.54) is 4.90 Å². The van der Waals surface area contributed by atoms with Crippen LogP contribution in [0.1, 0.15) is 22.3 Å². The van der Waals surface area contributed by atoms with Crippen LogP contribution in [0, 0.1) is 5.82 Å². The number of methoxy groups -OCH3 is 1. The maximum absolute atomic E-state index is 13.7. The molecule has 1 fully saturated rings. The Balaban J connectivity index is 1.26. The summed E-state index contributed by atoms with van der Waals surface area (Å²) in [5, 5.41) is 0. The van der Waals surface area contributed by atoms with Crippen LogP contribution in [0.15, 0.2) is 66.7 Å². The minimum absolute atomic E-state index is 0.146. The average molecular weight is 533 g/mol. The van der Waals surface area contributed by atoms with E-state index in [1.54, 1.807) is 7.11 Å². The second-order valence-electron chi connectivity index (χ2n) is 8.89. The number of ether oxygens (including phenoxy) is 3. The van der Waals surface area contributed by atoms with Crippen molar-refractivity contribution in [3.63, 3.8) is 0 Å². The first-order chi connectivity index (χ1) is 18.2. The lowest BCUT2D eigenvalue weighted by molar-refractivity contribution is -0.140. The van der Waals surface area contributed by atoms with E-state index >= 15 is 0 Å². The topological polar surface area (TPSA) is 51.2 Å². The molecule has 1 aliphatic rings. The molecule has 0 N–H and O–H groups in total. The van der Waals surface area contributed by atoms with Gasteiger partial charge >= 0.3 is 12.3 Å². The van der Waals surface area contributed by atoms with Crippen LogP contribution in [0.5, 0.6) is 11.5 Å². The number of carbonyl (C=O) groups is 1. The van der Waals surface area contributed by atoms with Gasteiger partial charge in [0.25, 0.3) is 0 Å². The summed E-state index contributed by atoms with van der Waals surface area (Å²) in [4.78, 5) is 16.2. The Hall–Kier alpha value is -3.79. The van der Waals surface area contributed by atoms with E-state index in [4.69, 9.17) is 14.2 Å². The highest BCUT2D eigenvalue weighted by Gasteiger charge is 2.34. The fourth-order valence-corrected chi connectivity index (χ4v) is 4.13. The molecule has 3 aromatic carbocycles. The van der Waals surface area contributed by atoms with Crippen molar-refractivity contribution in [2.24, 2.45) is 0 Å². The predicted octanol–water partition coefficient (Wildman–Crippen LogP) is 5.89. The van der Waals surface area contributed by atoms with Crippen LogP contribution in [0.25, 0.3) is 0 Å². The molecular formula is C28H28F4N2O4. The van der Waals surface area contributed by atoms with Gasteiger partial charge in [-0.15, -0.1) is 0 Å². The molecule has 0 aliphatic carbocycles. The van der Waals surface area contributed by atoms with E-state index in [2.05, 4.69) is 4.90 Å². The third kappa shape index (κ3) is 7.16. The molecule has 0 unspecified atom stereocenters. The number of carbonyl (C=O) groups excluding carboxylic acids is 1. The zero-order chi connectivity index (χ0) is 27.1. The van der Waals surface area contributed by atoms with Crippen molar-refractivity contribution < 1.29 is 36.6 Å². The van der Waals surface area contributed by atoms with Crippen LogP contribution >= 0.6 is 0 Å². The molecule has 1 amide bonds. The van der Waals surface area contributed by atoms with Crippen molar-refractivity contribution in [1.82, 2.24) is 9.80 Å². The molecule has 0 radical (unpaired) electrons. The number of nitrogens with zero attached hydrogens (tertiary/aromatic N) is 2. The first kappa shape index (κ1) is 27.3. The molecular weight excluding hydrogens is 504 g/mol. The van der Waals surface area contributed by atoms with Crippen LogP contribution < -0.4 is 9.47 Å². The summed E-state index contributed by atoms with van der Waals surface area (Å²) in [6.07, 6.45) is -5.37. The van der Waals surface area contributed by atoms with Gasteiger partial charge in [-0.25, -0.2) is 9.18 Å². The maximum atomic E-state index is 13.7. The van der Waals surface area contributed by atoms with Gasteiger partial charge in [0.05, 0.1) is 12.7 Å². The molecule has 0 spiro atoms. The van der Waals surface area contributed by atoms with Crippen LogP contribution in [-0.2, 0) is 30.7 Å². The van der Waals surface area contributed by atoms with E-state index in [-0.39, 0.29) is 12.2 Å². The fraction of sp³-hybridized carbons (Fsp3) is 0.321. The van der Waals surface area contributed by atoms with Gasteiger partial charge in [0, 0.05) is 32.7 Å². The van der Waals surface area contributed by atoms with Crippen molar-refractivity contribution >= 4 is 6.09 Å². The third-order valence-electron chi connectivity index (χ3n) is 6.20. The van der Waals surface area contributed by atoms with Gasteiger partial charge in [-0.05, 0) is 41.0 Å². The number of hydrogen-bond acceptors (Lipinski definition) is 5. The lowest BCUT2D eigenvalue weighted by Crippen LogP contribution is -2.48. The Labute approximate surface area is 218 Å². The largest absolute Gasteiger partial charge is 0.493 e. The minimum atomic E-state index is -4.78. The van der Waals surface area contributed by atoms with Crippen molar-refractivity contribution in [2.75, 3.05) is 33.3 Å². The summed E-state index contributed by atoms with van der Waals surface area (Å²) in [6, 6.07) is 18.1. The molecule has 1 heterocycles. The lowest BCUT2D eigenvalue weighted by Gasteiger charge is -2.34. The highest BCUT2D eigenvalue weighted by Crippen LogP contribution is 2.32. The number of hydrogen-bond donors (Lipinski definition) is 0. The monoisotopic (exact) mass is 532 g/mol. The highest BCUT2D eigenvalue weighted by atomic mass is 19.4. The first-order valence-corrected chi connectivity index (χ1v) is 12.1. The molecule has 0 saturated carbocycles. The number of alkyl halides is 3. The Morgan fingerprint density at radius 1 is 0.842 bits per heavy atom. The Bertz CT molecular complexity index is 1230. The molecule has 38 heavy (non-hydrogen) atoms. The second-order valence-corrected chi connectivity index (χ2v) is 8.89. The van der Waals surface area contributed by atoms with E-state index in [0.29, 0.717) is 56.9 Å². The molecule has 1 saturated heterocycles. The number of amides is 1. The van der Waals surface area contributed by atoms with Gasteiger partial charge in [0.15, 0.2) is 11.5 Å². The van der Waals surface area contributed by atoms with Gasteiger partial charge in [-0.1, -0.05) is 42.5 Å². The molecule has 4 rings (SSSR count). The summed E-state index contributed by atoms with van der Waals surface area (Å²) >= 11 is 0. The Kier molecular flexibility index (Phi) is 8.73. The smallest absolute Gasteiger partial charge is 0.419 e. The van der Waals surface area contributed by atoms with Crippen molar-refractivity contribution in [3.05, 3.63) is 94.8 Å². The van der Waals surface area contributed by atoms with E-state index in [9.17, 15) is 22.4 Å². The predicted molar refractivity (Wildman–Crippen MR) is 132 cm³/mol. The number of rotatable bonds is 8. The minimum Gasteiger partial charge on any atom is -0.493 e. The third-order valence-corrected chi connectivity index (χ3v) is 6.20. The molecule has 6 nitrogen and oxygen atoms in total. The summed E-state index contributed by atoms with van der Waals surface area (Å²) in [7, 11) is 1.59. The van der Waals surface area contributed by atoms with Gasteiger partial charge in [-0.3, -0.25) is 4.90 Å². The van der Waals surface area contributed by atoms with Crippen LogP contribution in [0.4, 0.5) is 22.4 Å². The van der Waals surface area contributed by atoms with Crippen LogP contribution in [0.2, 0.25) is 0 Å². The number of benzene rings is 3. The SMILES string of the molecule is COc1ccc(CN2CCN(C(=O)OCc3ccc(C(F)(F)F)c(F)c3)CC2)cc1OCc1ccccc1. The fourth-order valence-electron chi connectivity index (χ4n) is 4.13. The molecule has 0 bridgehead atoms. The van der Waals surface area contributed by atoms with E-state index in [1.807, 2.05) is 48.5 Å². The van der Waals surface area contributed by atoms with Crippen LogP contribution in [0.3, 0.4) is 0 Å². The Morgan fingerprint density at radius 2 is 1.55 bits per heavy atom. The average Bonchev–Trinajstić information content (AvgIpc) is 2.91. The zero-order valence-electron chi connectivity index (χ0n) is 20.8. The van der Waals surface area contributed by atoms with Crippen molar-refractivity contribution in [1.29, 1.82) is 0 Å². The lowest BCUT2D eigenvalue weighted by atomic mass is 10.1. The normalized spacial score (nSPS) is 14.3. The molecule has 3 aromatic rings. The molecule has 10 heteroatoms. The summed E-state index contributed by atoms with van der Waals surface area (Å²) in [5.74, 6) is -0.104. The Morgan fingerprint density at radius 3 is 2.21 bits per heavy atom. The van der Waals surface area contributed by atoms with E-state index < -0.39 is 23.7 Å². The highest BCUT2D eigenvalue weighted by molar-refractivity contribution is 5.67. The second kappa shape index (κ2) is 12.2. The van der Waals surface area contributed by atoms with Gasteiger partial charge < -0.3 is 19.1 Å². The van der Waals surface area contributed by atoms with Gasteiger partial charge in [-0.2, -0.15) is 13.2 Å². The van der Waals surface area contributed by atoms with E-state index in [0.717, 1.165) is 23.3 Å². The quantitative estimate of drug-likeness (QED) is 0.339. The molecule has 202 valence electrons. The summed E-state index contributed by atoms with van der Waals surface area (Å²) < 4.78 is 68.5. The molecule has 0 atom stereocenters. The standard InChI is InChI=1S/C28H28F4N2O4/c1-36-25-10-8-21(16-26(25)37-18-20-5-3-2-4-6-20)17-33-11-13-34(14-12-33)27(35)38-19-22-7-9-23(24(29)15-22)28(30,31)32/h2-10,15-16H,11-14,17-19H2,1H3. The van der Waals surface area contributed by atoms with Gasteiger partial charge in [0.2, 0.25) is 0 Å². The first-order valence-electron chi connectivity index (χ1n) is 12.1. The van der Waals surface area contributed by atoms with Crippen molar-refractivity contribution in [3.8, 4) is 11.5 Å². The van der Waals surface area contributed by atoms with Gasteiger partial charge in [0.1, 0.15) is 19.0 Å². The molecule has 1 aliphatic heterocycles. The van der Waals surface area contributed by atoms with Crippen molar-refractivity contribution in [2.45, 2.75) is 25.9 Å². The maximum Gasteiger partial charge on any atom is 0.419 e. The summed E-state index contributed by atoms with van der Waals surface area (Å²) in [6.45, 7) is 2.82. The molecule has 0 aromatic heterocycles.